The van der Waals surface area contributed by atoms with Gasteiger partial charge in [-0.3, -0.25) is 9.59 Å². The van der Waals surface area contributed by atoms with Crippen LogP contribution in [0.25, 0.3) is 0 Å². The van der Waals surface area contributed by atoms with E-state index in [0.717, 1.165) is 29.5 Å². The van der Waals surface area contributed by atoms with Gasteiger partial charge in [-0.25, -0.2) is 4.79 Å². The van der Waals surface area contributed by atoms with Crippen molar-refractivity contribution in [1.29, 1.82) is 0 Å². The topological polar surface area (TPSA) is 87.7 Å². The lowest BCUT2D eigenvalue weighted by Crippen LogP contribution is -2.55. The molecule has 1 saturated carbocycles. The summed E-state index contributed by atoms with van der Waals surface area (Å²) < 4.78 is 5.49. The molecule has 2 atom stereocenters. The highest BCUT2D eigenvalue weighted by Crippen LogP contribution is 2.36. The first-order valence-corrected chi connectivity index (χ1v) is 13.0. The van der Waals surface area contributed by atoms with Gasteiger partial charge in [-0.15, -0.1) is 0 Å². The Morgan fingerprint density at radius 1 is 0.973 bits per heavy atom. The molecular formula is C30H41N3O4. The summed E-state index contributed by atoms with van der Waals surface area (Å²) in [6.45, 7) is 13.1. The molecule has 0 radical (unpaired) electrons. The van der Waals surface area contributed by atoms with Crippen LogP contribution in [0.4, 0.5) is 4.79 Å². The molecule has 2 aromatic rings. The number of alkyl carbamates (subject to hydrolysis) is 1. The standard InChI is InChI=1S/C30H41N3O4/c1-20-12-11-15-22(18-20)25(26(34)32-29(2,3)4)33(23-16-17-23)27(35)24(19-21-13-9-8-10-14-21)31-28(36)37-30(5,6)7/h8-15,18,23-25H,16-17,19H2,1-7H3,(H,31,36)(H,32,34). The molecular weight excluding hydrogens is 466 g/mol. The third kappa shape index (κ3) is 8.62. The Bertz CT molecular complexity index is 1100. The Balaban J connectivity index is 2.01. The second kappa shape index (κ2) is 11.4. The van der Waals surface area contributed by atoms with E-state index < -0.39 is 29.3 Å². The molecule has 3 amide bonds. The molecule has 1 aliphatic rings. The van der Waals surface area contributed by atoms with Gasteiger partial charge >= 0.3 is 6.09 Å². The number of hydrogen-bond donors (Lipinski definition) is 2. The van der Waals surface area contributed by atoms with Gasteiger partial charge in [-0.2, -0.15) is 0 Å². The highest BCUT2D eigenvalue weighted by Gasteiger charge is 2.44. The minimum atomic E-state index is -0.896. The number of rotatable bonds is 8. The Labute approximate surface area is 221 Å². The quantitative estimate of drug-likeness (QED) is 0.522. The van der Waals surface area contributed by atoms with Crippen molar-refractivity contribution in [2.24, 2.45) is 0 Å². The summed E-state index contributed by atoms with van der Waals surface area (Å²) in [6.07, 6.45) is 1.23. The van der Waals surface area contributed by atoms with E-state index in [1.165, 1.54) is 0 Å². The molecule has 2 N–H and O–H groups in total. The molecule has 0 aliphatic heterocycles. The summed E-state index contributed by atoms with van der Waals surface area (Å²) in [4.78, 5) is 42.5. The highest BCUT2D eigenvalue weighted by atomic mass is 16.6. The van der Waals surface area contributed by atoms with Crippen molar-refractivity contribution in [2.45, 2.75) is 97.0 Å². The Hall–Kier alpha value is -3.35. The van der Waals surface area contributed by atoms with Crippen molar-refractivity contribution < 1.29 is 19.1 Å². The summed E-state index contributed by atoms with van der Waals surface area (Å²) >= 11 is 0. The maximum absolute atomic E-state index is 14.3. The van der Waals surface area contributed by atoms with E-state index in [-0.39, 0.29) is 24.3 Å². The minimum Gasteiger partial charge on any atom is -0.444 e. The van der Waals surface area contributed by atoms with Gasteiger partial charge in [0.2, 0.25) is 11.8 Å². The van der Waals surface area contributed by atoms with Crippen molar-refractivity contribution >= 4 is 17.9 Å². The predicted octanol–water partition coefficient (Wildman–Crippen LogP) is 5.08. The van der Waals surface area contributed by atoms with Gasteiger partial charge in [-0.1, -0.05) is 60.2 Å². The van der Waals surface area contributed by atoms with Crippen molar-refractivity contribution in [3.05, 3.63) is 71.3 Å². The molecule has 7 heteroatoms. The molecule has 0 saturated heterocycles. The van der Waals surface area contributed by atoms with Crippen LogP contribution in [0, 0.1) is 6.92 Å². The SMILES string of the molecule is Cc1cccc(C(C(=O)NC(C)(C)C)N(C(=O)C(Cc2ccccc2)NC(=O)OC(C)(C)C)C2CC2)c1. The summed E-state index contributed by atoms with van der Waals surface area (Å²) in [6, 6.07) is 15.4. The maximum atomic E-state index is 14.3. The fourth-order valence-electron chi connectivity index (χ4n) is 4.27. The second-order valence-electron chi connectivity index (χ2n) is 11.9. The van der Waals surface area contributed by atoms with Gasteiger partial charge in [0.05, 0.1) is 0 Å². The van der Waals surface area contributed by atoms with E-state index in [1.807, 2.05) is 82.3 Å². The van der Waals surface area contributed by atoms with Crippen LogP contribution in [0.2, 0.25) is 0 Å². The maximum Gasteiger partial charge on any atom is 0.408 e. The fourth-order valence-corrected chi connectivity index (χ4v) is 4.27. The number of ether oxygens (including phenoxy) is 1. The fraction of sp³-hybridized carbons (Fsp3) is 0.500. The predicted molar refractivity (Wildman–Crippen MR) is 145 cm³/mol. The zero-order chi connectivity index (χ0) is 27.4. The Kier molecular flexibility index (Phi) is 8.67. The van der Waals surface area contributed by atoms with E-state index in [4.69, 9.17) is 4.74 Å². The Morgan fingerprint density at radius 2 is 1.62 bits per heavy atom. The van der Waals surface area contributed by atoms with E-state index in [9.17, 15) is 14.4 Å². The molecule has 0 aromatic heterocycles. The average molecular weight is 508 g/mol. The number of benzene rings is 2. The molecule has 1 aliphatic carbocycles. The lowest BCUT2D eigenvalue weighted by molar-refractivity contribution is -0.143. The van der Waals surface area contributed by atoms with Crippen LogP contribution in [0.5, 0.6) is 0 Å². The van der Waals surface area contributed by atoms with Gasteiger partial charge in [0, 0.05) is 18.0 Å². The van der Waals surface area contributed by atoms with Crippen LogP contribution in [0.3, 0.4) is 0 Å². The van der Waals surface area contributed by atoms with Gasteiger partial charge in [0.1, 0.15) is 17.7 Å². The van der Waals surface area contributed by atoms with Gasteiger partial charge in [0.15, 0.2) is 0 Å². The summed E-state index contributed by atoms with van der Waals surface area (Å²) in [5.41, 5.74) is 1.46. The normalized spacial score (nSPS) is 15.3. The minimum absolute atomic E-state index is 0.0811. The first-order chi connectivity index (χ1) is 17.2. The summed E-state index contributed by atoms with van der Waals surface area (Å²) in [7, 11) is 0. The molecule has 0 bridgehead atoms. The van der Waals surface area contributed by atoms with Gasteiger partial charge < -0.3 is 20.3 Å². The van der Waals surface area contributed by atoms with Gasteiger partial charge in [0.25, 0.3) is 0 Å². The van der Waals surface area contributed by atoms with E-state index in [0.29, 0.717) is 0 Å². The number of amides is 3. The number of nitrogens with one attached hydrogen (secondary N) is 2. The summed E-state index contributed by atoms with van der Waals surface area (Å²) in [5, 5.41) is 5.88. The molecule has 0 heterocycles. The number of carbonyl (C=O) groups excluding carboxylic acids is 3. The number of hydrogen-bond acceptors (Lipinski definition) is 4. The van der Waals surface area contributed by atoms with E-state index >= 15 is 0 Å². The lowest BCUT2D eigenvalue weighted by atomic mass is 9.98. The van der Waals surface area contributed by atoms with Crippen molar-refractivity contribution in [3.8, 4) is 0 Å². The van der Waals surface area contributed by atoms with Crippen LogP contribution in [0.15, 0.2) is 54.6 Å². The highest BCUT2D eigenvalue weighted by molar-refractivity contribution is 5.93. The molecule has 200 valence electrons. The summed E-state index contributed by atoms with van der Waals surface area (Å²) in [5.74, 6) is -0.540. The molecule has 1 fully saturated rings. The largest absolute Gasteiger partial charge is 0.444 e. The first-order valence-electron chi connectivity index (χ1n) is 13.0. The average Bonchev–Trinajstić information content (AvgIpc) is 3.59. The van der Waals surface area contributed by atoms with Crippen LogP contribution < -0.4 is 10.6 Å². The monoisotopic (exact) mass is 507 g/mol. The van der Waals surface area contributed by atoms with E-state index in [1.54, 1.807) is 25.7 Å². The second-order valence-corrected chi connectivity index (χ2v) is 11.9. The molecule has 2 aromatic carbocycles. The third-order valence-electron chi connectivity index (χ3n) is 5.85. The molecule has 37 heavy (non-hydrogen) atoms. The zero-order valence-electron chi connectivity index (χ0n) is 23.1. The van der Waals surface area contributed by atoms with Gasteiger partial charge in [-0.05, 0) is 72.4 Å². The van der Waals surface area contributed by atoms with Crippen LogP contribution in [-0.2, 0) is 20.7 Å². The molecule has 0 spiro atoms. The van der Waals surface area contributed by atoms with Crippen molar-refractivity contribution in [3.63, 3.8) is 0 Å². The lowest BCUT2D eigenvalue weighted by Gasteiger charge is -2.36. The first kappa shape index (κ1) is 28.2. The van der Waals surface area contributed by atoms with Crippen molar-refractivity contribution in [2.75, 3.05) is 0 Å². The molecule has 3 rings (SSSR count). The Morgan fingerprint density at radius 3 is 2.16 bits per heavy atom. The van der Waals surface area contributed by atoms with Crippen LogP contribution in [-0.4, -0.2) is 46.0 Å². The van der Waals surface area contributed by atoms with E-state index in [2.05, 4.69) is 10.6 Å². The number of carbonyl (C=O) groups is 3. The molecule has 2 unspecified atom stereocenters. The van der Waals surface area contributed by atoms with Crippen LogP contribution in [0.1, 0.15) is 77.1 Å². The molecule has 7 nitrogen and oxygen atoms in total. The number of aryl methyl sites for hydroxylation is 1. The van der Waals surface area contributed by atoms with Crippen molar-refractivity contribution in [1.82, 2.24) is 15.5 Å². The third-order valence-corrected chi connectivity index (χ3v) is 5.85. The zero-order valence-corrected chi connectivity index (χ0v) is 23.1. The number of nitrogens with zero attached hydrogens (tertiary/aromatic N) is 1. The van der Waals surface area contributed by atoms with Crippen LogP contribution >= 0.6 is 0 Å². The smallest absolute Gasteiger partial charge is 0.408 e.